The van der Waals surface area contributed by atoms with Crippen LogP contribution in [0.15, 0.2) is 18.2 Å². The van der Waals surface area contributed by atoms with Crippen LogP contribution >= 0.6 is 24.0 Å². The van der Waals surface area contributed by atoms with E-state index in [-0.39, 0.29) is 0 Å². The Bertz CT molecular complexity index is 459. The minimum atomic E-state index is 0.472. The molecule has 19 heavy (non-hydrogen) atoms. The predicted octanol–water partition coefficient (Wildman–Crippen LogP) is 3.72. The van der Waals surface area contributed by atoms with E-state index in [4.69, 9.17) is 18.0 Å². The van der Waals surface area contributed by atoms with Crippen LogP contribution in [-0.2, 0) is 0 Å². The van der Waals surface area contributed by atoms with E-state index in [0.29, 0.717) is 11.0 Å². The van der Waals surface area contributed by atoms with Crippen molar-refractivity contribution in [1.82, 2.24) is 0 Å². The molecule has 1 aliphatic rings. The van der Waals surface area contributed by atoms with Crippen molar-refractivity contribution in [2.75, 3.05) is 11.6 Å². The SMILES string of the molecule is CSC1CCCC(Nc2cc(C)ccc2C(N)=S)C1. The topological polar surface area (TPSA) is 38.0 Å². The van der Waals surface area contributed by atoms with E-state index >= 15 is 0 Å². The van der Waals surface area contributed by atoms with Crippen LogP contribution in [0.3, 0.4) is 0 Å². The summed E-state index contributed by atoms with van der Waals surface area (Å²) < 4.78 is 0. The number of thioether (sulfide) groups is 1. The number of benzene rings is 1. The van der Waals surface area contributed by atoms with Crippen molar-refractivity contribution < 1.29 is 0 Å². The Morgan fingerprint density at radius 3 is 2.89 bits per heavy atom. The number of rotatable bonds is 4. The maximum atomic E-state index is 5.81. The van der Waals surface area contributed by atoms with Gasteiger partial charge in [-0.05, 0) is 50.1 Å². The molecule has 0 spiro atoms. The van der Waals surface area contributed by atoms with Gasteiger partial charge in [0.1, 0.15) is 4.99 Å². The molecule has 0 radical (unpaired) electrons. The van der Waals surface area contributed by atoms with Gasteiger partial charge in [-0.15, -0.1) is 0 Å². The normalized spacial score (nSPS) is 23.1. The molecule has 2 atom stereocenters. The lowest BCUT2D eigenvalue weighted by atomic mass is 9.94. The van der Waals surface area contributed by atoms with Crippen molar-refractivity contribution in [3.8, 4) is 0 Å². The summed E-state index contributed by atoms with van der Waals surface area (Å²) >= 11 is 7.12. The van der Waals surface area contributed by atoms with Crippen LogP contribution in [0.4, 0.5) is 5.69 Å². The van der Waals surface area contributed by atoms with E-state index < -0.39 is 0 Å². The van der Waals surface area contributed by atoms with Crippen LogP contribution in [0.5, 0.6) is 0 Å². The molecule has 1 aromatic rings. The maximum Gasteiger partial charge on any atom is 0.106 e. The monoisotopic (exact) mass is 294 g/mol. The molecule has 4 heteroatoms. The van der Waals surface area contributed by atoms with Gasteiger partial charge in [-0.2, -0.15) is 11.8 Å². The number of thiocarbonyl (C=S) groups is 1. The average molecular weight is 294 g/mol. The summed E-state index contributed by atoms with van der Waals surface area (Å²) in [6, 6.07) is 6.78. The van der Waals surface area contributed by atoms with Crippen LogP contribution in [0.1, 0.15) is 36.8 Å². The Hall–Kier alpha value is -0.740. The molecule has 0 aliphatic heterocycles. The molecule has 2 unspecified atom stereocenters. The molecule has 2 nitrogen and oxygen atoms in total. The van der Waals surface area contributed by atoms with Gasteiger partial charge in [0, 0.05) is 22.5 Å². The number of nitrogens with two attached hydrogens (primary N) is 1. The van der Waals surface area contributed by atoms with Crippen molar-refractivity contribution in [2.24, 2.45) is 5.73 Å². The van der Waals surface area contributed by atoms with E-state index in [2.05, 4.69) is 30.6 Å². The van der Waals surface area contributed by atoms with E-state index in [0.717, 1.165) is 16.5 Å². The smallest absolute Gasteiger partial charge is 0.106 e. The Labute approximate surface area is 125 Å². The molecule has 1 fully saturated rings. The first-order valence-electron chi connectivity index (χ1n) is 6.80. The Morgan fingerprint density at radius 1 is 1.42 bits per heavy atom. The summed E-state index contributed by atoms with van der Waals surface area (Å²) in [5.74, 6) is 0. The van der Waals surface area contributed by atoms with Crippen molar-refractivity contribution in [3.05, 3.63) is 29.3 Å². The van der Waals surface area contributed by atoms with Crippen LogP contribution < -0.4 is 11.1 Å². The fourth-order valence-electron chi connectivity index (χ4n) is 2.70. The van der Waals surface area contributed by atoms with Gasteiger partial charge >= 0.3 is 0 Å². The van der Waals surface area contributed by atoms with Gasteiger partial charge in [-0.1, -0.05) is 24.7 Å². The second-order valence-corrected chi connectivity index (χ2v) is 6.86. The third-order valence-corrected chi connectivity index (χ3v) is 5.07. The minimum Gasteiger partial charge on any atom is -0.389 e. The molecule has 1 aromatic carbocycles. The molecule has 104 valence electrons. The quantitative estimate of drug-likeness (QED) is 0.830. The summed E-state index contributed by atoms with van der Waals surface area (Å²) in [6.45, 7) is 2.10. The first-order valence-corrected chi connectivity index (χ1v) is 8.49. The first kappa shape index (κ1) is 14.7. The molecule has 0 aromatic heterocycles. The predicted molar refractivity (Wildman–Crippen MR) is 90.2 cm³/mol. The van der Waals surface area contributed by atoms with E-state index in [9.17, 15) is 0 Å². The summed E-state index contributed by atoms with van der Waals surface area (Å²) in [5, 5.41) is 4.44. The largest absolute Gasteiger partial charge is 0.389 e. The molecule has 1 saturated carbocycles. The summed E-state index contributed by atoms with van der Waals surface area (Å²) in [6.07, 6.45) is 7.32. The van der Waals surface area contributed by atoms with Gasteiger partial charge < -0.3 is 11.1 Å². The molecular formula is C15H22N2S2. The molecule has 0 saturated heterocycles. The molecule has 0 heterocycles. The van der Waals surface area contributed by atoms with Crippen molar-refractivity contribution in [1.29, 1.82) is 0 Å². The zero-order chi connectivity index (χ0) is 13.8. The summed E-state index contributed by atoms with van der Waals surface area (Å²) in [4.78, 5) is 0.472. The molecule has 0 amide bonds. The van der Waals surface area contributed by atoms with Crippen LogP contribution in [0.25, 0.3) is 0 Å². The zero-order valence-corrected chi connectivity index (χ0v) is 13.2. The third-order valence-electron chi connectivity index (χ3n) is 3.76. The number of hydrogen-bond donors (Lipinski definition) is 2. The van der Waals surface area contributed by atoms with Gasteiger partial charge in [-0.3, -0.25) is 0 Å². The van der Waals surface area contributed by atoms with Crippen molar-refractivity contribution in [2.45, 2.75) is 43.9 Å². The van der Waals surface area contributed by atoms with Gasteiger partial charge in [0.15, 0.2) is 0 Å². The highest BCUT2D eigenvalue weighted by molar-refractivity contribution is 7.99. The lowest BCUT2D eigenvalue weighted by Crippen LogP contribution is -2.29. The highest BCUT2D eigenvalue weighted by Gasteiger charge is 2.21. The fourth-order valence-corrected chi connectivity index (χ4v) is 3.71. The lowest BCUT2D eigenvalue weighted by molar-refractivity contribution is 0.473. The number of hydrogen-bond acceptors (Lipinski definition) is 3. The van der Waals surface area contributed by atoms with Crippen LogP contribution in [-0.4, -0.2) is 22.5 Å². The van der Waals surface area contributed by atoms with E-state index in [1.807, 2.05) is 17.8 Å². The van der Waals surface area contributed by atoms with Gasteiger partial charge in [0.05, 0.1) is 0 Å². The van der Waals surface area contributed by atoms with E-state index in [1.165, 1.54) is 31.2 Å². The number of nitrogens with one attached hydrogen (secondary N) is 1. The van der Waals surface area contributed by atoms with E-state index in [1.54, 1.807) is 0 Å². The Morgan fingerprint density at radius 2 is 2.21 bits per heavy atom. The van der Waals surface area contributed by atoms with Crippen LogP contribution in [0, 0.1) is 6.92 Å². The van der Waals surface area contributed by atoms with Crippen molar-refractivity contribution >= 4 is 34.7 Å². The van der Waals surface area contributed by atoms with Gasteiger partial charge in [-0.25, -0.2) is 0 Å². The molecule has 0 bridgehead atoms. The second-order valence-electron chi connectivity index (χ2n) is 5.28. The van der Waals surface area contributed by atoms with Crippen molar-refractivity contribution in [3.63, 3.8) is 0 Å². The van der Waals surface area contributed by atoms with Crippen LogP contribution in [0.2, 0.25) is 0 Å². The summed E-state index contributed by atoms with van der Waals surface area (Å²) in [7, 11) is 0. The average Bonchev–Trinajstić information content (AvgIpc) is 2.38. The summed E-state index contributed by atoms with van der Waals surface area (Å²) in [5.41, 5.74) is 9.11. The Balaban J connectivity index is 2.13. The molecule has 1 aliphatic carbocycles. The first-order chi connectivity index (χ1) is 9.10. The van der Waals surface area contributed by atoms with Gasteiger partial charge in [0.2, 0.25) is 0 Å². The molecule has 2 rings (SSSR count). The molecule has 3 N–H and O–H groups in total. The lowest BCUT2D eigenvalue weighted by Gasteiger charge is -2.30. The maximum absolute atomic E-state index is 5.81. The van der Waals surface area contributed by atoms with Gasteiger partial charge in [0.25, 0.3) is 0 Å². The number of anilines is 1. The highest BCUT2D eigenvalue weighted by atomic mass is 32.2. The molecular weight excluding hydrogens is 272 g/mol. The minimum absolute atomic E-state index is 0.472. The Kier molecular flexibility index (Phi) is 5.11. The number of aryl methyl sites for hydroxylation is 1. The highest BCUT2D eigenvalue weighted by Crippen LogP contribution is 2.30. The fraction of sp³-hybridized carbons (Fsp3) is 0.533. The second kappa shape index (κ2) is 6.62. The zero-order valence-electron chi connectivity index (χ0n) is 11.6. The standard InChI is InChI=1S/C15H22N2S2/c1-10-6-7-13(15(16)18)14(8-10)17-11-4-3-5-12(9-11)19-2/h6-8,11-12,17H,3-5,9H2,1-2H3,(H2,16,18). The third kappa shape index (κ3) is 3.86.